The summed E-state index contributed by atoms with van der Waals surface area (Å²) >= 11 is 3.33. The molecule has 1 aromatic carbocycles. The third kappa shape index (κ3) is 5.24. The van der Waals surface area contributed by atoms with Crippen LogP contribution in [0, 0.1) is 0 Å². The number of anilines is 2. The molecule has 1 rings (SSSR count). The van der Waals surface area contributed by atoms with Crippen molar-refractivity contribution < 1.29 is 8.42 Å². The lowest BCUT2D eigenvalue weighted by molar-refractivity contribution is 0.476. The molecule has 5 nitrogen and oxygen atoms in total. The molecular weight excluding hydrogens is 318 g/mol. The third-order valence-electron chi connectivity index (χ3n) is 2.20. The normalized spacial score (nSPS) is 12.4. The largest absolute Gasteiger partial charge is 0.397 e. The lowest BCUT2D eigenvalue weighted by Crippen LogP contribution is -2.47. The molecule has 0 aliphatic rings. The van der Waals surface area contributed by atoms with Crippen LogP contribution in [0.15, 0.2) is 22.7 Å². The minimum absolute atomic E-state index is 0.436. The Morgan fingerprint density at radius 3 is 2.50 bits per heavy atom. The SMILES string of the molecule is CC(C)(CNc1ccc(Br)cc1N)NS(C)(=O)=O. The lowest BCUT2D eigenvalue weighted by Gasteiger charge is -2.26. The zero-order chi connectivity index (χ0) is 14.0. The lowest BCUT2D eigenvalue weighted by atomic mass is 10.1. The molecule has 0 spiro atoms. The van der Waals surface area contributed by atoms with Gasteiger partial charge >= 0.3 is 0 Å². The van der Waals surface area contributed by atoms with Crippen LogP contribution in [-0.4, -0.2) is 26.8 Å². The van der Waals surface area contributed by atoms with E-state index in [4.69, 9.17) is 5.73 Å². The average Bonchev–Trinajstić information content (AvgIpc) is 2.12. The minimum Gasteiger partial charge on any atom is -0.397 e. The predicted molar refractivity (Wildman–Crippen MR) is 79.1 cm³/mol. The maximum atomic E-state index is 11.2. The molecule has 18 heavy (non-hydrogen) atoms. The third-order valence-corrected chi connectivity index (χ3v) is 3.61. The quantitative estimate of drug-likeness (QED) is 0.716. The first kappa shape index (κ1) is 15.3. The molecule has 0 amide bonds. The van der Waals surface area contributed by atoms with Gasteiger partial charge in [0.2, 0.25) is 10.0 Å². The summed E-state index contributed by atoms with van der Waals surface area (Å²) in [6, 6.07) is 5.50. The van der Waals surface area contributed by atoms with Gasteiger partial charge in [0.15, 0.2) is 0 Å². The topological polar surface area (TPSA) is 84.2 Å². The van der Waals surface area contributed by atoms with Crippen molar-refractivity contribution in [2.24, 2.45) is 0 Å². The molecule has 0 saturated carbocycles. The summed E-state index contributed by atoms with van der Waals surface area (Å²) < 4.78 is 25.9. The molecule has 1 aromatic rings. The van der Waals surface area contributed by atoms with Crippen molar-refractivity contribution in [2.75, 3.05) is 23.9 Å². The van der Waals surface area contributed by atoms with Gasteiger partial charge in [-0.05, 0) is 32.0 Å². The first-order valence-corrected chi connectivity index (χ1v) is 8.05. The Bertz CT molecular complexity index is 529. The van der Waals surface area contributed by atoms with Crippen molar-refractivity contribution in [1.82, 2.24) is 4.72 Å². The first-order valence-electron chi connectivity index (χ1n) is 5.37. The van der Waals surface area contributed by atoms with Crippen molar-refractivity contribution >= 4 is 37.3 Å². The molecule has 102 valence electrons. The van der Waals surface area contributed by atoms with Crippen molar-refractivity contribution in [3.63, 3.8) is 0 Å². The standard InChI is InChI=1S/C11H18BrN3O2S/c1-11(2,15-18(3,16)17)7-14-10-5-4-8(12)6-9(10)13/h4-6,14-15H,7,13H2,1-3H3. The van der Waals surface area contributed by atoms with Crippen LogP contribution >= 0.6 is 15.9 Å². The molecule has 0 saturated heterocycles. The van der Waals surface area contributed by atoms with E-state index in [0.717, 1.165) is 16.4 Å². The number of nitrogens with one attached hydrogen (secondary N) is 2. The van der Waals surface area contributed by atoms with Crippen LogP contribution in [0.5, 0.6) is 0 Å². The van der Waals surface area contributed by atoms with Crippen LogP contribution in [0.4, 0.5) is 11.4 Å². The van der Waals surface area contributed by atoms with E-state index in [1.807, 2.05) is 12.1 Å². The van der Waals surface area contributed by atoms with E-state index in [2.05, 4.69) is 26.0 Å². The molecule has 4 N–H and O–H groups in total. The van der Waals surface area contributed by atoms with Crippen LogP contribution in [-0.2, 0) is 10.0 Å². The van der Waals surface area contributed by atoms with E-state index in [1.165, 1.54) is 0 Å². The van der Waals surface area contributed by atoms with Gasteiger partial charge in [0, 0.05) is 16.6 Å². The van der Waals surface area contributed by atoms with Crippen LogP contribution < -0.4 is 15.8 Å². The Balaban J connectivity index is 2.70. The van der Waals surface area contributed by atoms with Crippen molar-refractivity contribution in [1.29, 1.82) is 0 Å². The van der Waals surface area contributed by atoms with Gasteiger partial charge in [-0.25, -0.2) is 13.1 Å². The van der Waals surface area contributed by atoms with Gasteiger partial charge in [0.1, 0.15) is 0 Å². The Kier molecular flexibility index (Phi) is 4.63. The van der Waals surface area contributed by atoms with Crippen LogP contribution in [0.25, 0.3) is 0 Å². The van der Waals surface area contributed by atoms with E-state index in [0.29, 0.717) is 12.2 Å². The van der Waals surface area contributed by atoms with Gasteiger partial charge in [-0.3, -0.25) is 0 Å². The Morgan fingerprint density at radius 2 is 2.00 bits per heavy atom. The highest BCUT2D eigenvalue weighted by atomic mass is 79.9. The van der Waals surface area contributed by atoms with Crippen LogP contribution in [0.1, 0.15) is 13.8 Å². The maximum Gasteiger partial charge on any atom is 0.209 e. The molecule has 0 unspecified atom stereocenters. The monoisotopic (exact) mass is 335 g/mol. The maximum absolute atomic E-state index is 11.2. The number of nitrogens with two attached hydrogens (primary N) is 1. The fourth-order valence-electron chi connectivity index (χ4n) is 1.55. The molecule has 0 aliphatic heterocycles. The van der Waals surface area contributed by atoms with E-state index < -0.39 is 15.6 Å². The number of rotatable bonds is 5. The number of benzene rings is 1. The highest BCUT2D eigenvalue weighted by molar-refractivity contribution is 9.10. The Hall–Kier alpha value is -0.790. The van der Waals surface area contributed by atoms with E-state index in [1.54, 1.807) is 19.9 Å². The van der Waals surface area contributed by atoms with E-state index in [9.17, 15) is 8.42 Å². The highest BCUT2D eigenvalue weighted by Crippen LogP contribution is 2.23. The van der Waals surface area contributed by atoms with Gasteiger partial charge in [-0.2, -0.15) is 0 Å². The summed E-state index contributed by atoms with van der Waals surface area (Å²) in [5, 5.41) is 3.13. The summed E-state index contributed by atoms with van der Waals surface area (Å²) in [4.78, 5) is 0. The molecule has 0 aliphatic carbocycles. The first-order chi connectivity index (χ1) is 8.09. The molecule has 0 fully saturated rings. The van der Waals surface area contributed by atoms with Crippen molar-refractivity contribution in [2.45, 2.75) is 19.4 Å². The van der Waals surface area contributed by atoms with Crippen LogP contribution in [0.3, 0.4) is 0 Å². The average molecular weight is 336 g/mol. The van der Waals surface area contributed by atoms with Gasteiger partial charge in [-0.1, -0.05) is 15.9 Å². The van der Waals surface area contributed by atoms with Gasteiger partial charge < -0.3 is 11.1 Å². The zero-order valence-corrected chi connectivity index (χ0v) is 13.0. The fourth-order valence-corrected chi connectivity index (χ4v) is 3.00. The summed E-state index contributed by atoms with van der Waals surface area (Å²) in [7, 11) is -3.23. The molecule has 7 heteroatoms. The molecule has 0 atom stereocenters. The molecule has 0 aromatic heterocycles. The minimum atomic E-state index is -3.23. The second kappa shape index (κ2) is 5.46. The fraction of sp³-hybridized carbons (Fsp3) is 0.455. The summed E-state index contributed by atoms with van der Waals surface area (Å²) in [5.74, 6) is 0. The van der Waals surface area contributed by atoms with E-state index >= 15 is 0 Å². The van der Waals surface area contributed by atoms with Crippen molar-refractivity contribution in [3.8, 4) is 0 Å². The molecule has 0 heterocycles. The smallest absolute Gasteiger partial charge is 0.209 e. The Labute approximate surface area is 116 Å². The predicted octanol–water partition coefficient (Wildman–Crippen LogP) is 1.77. The zero-order valence-electron chi connectivity index (χ0n) is 10.6. The molecule has 0 bridgehead atoms. The van der Waals surface area contributed by atoms with Crippen LogP contribution in [0.2, 0.25) is 0 Å². The second-order valence-corrected chi connectivity index (χ2v) is 7.51. The highest BCUT2D eigenvalue weighted by Gasteiger charge is 2.21. The van der Waals surface area contributed by atoms with Gasteiger partial charge in [-0.15, -0.1) is 0 Å². The number of halogens is 1. The van der Waals surface area contributed by atoms with Gasteiger partial charge in [0.25, 0.3) is 0 Å². The van der Waals surface area contributed by atoms with Gasteiger partial charge in [0.05, 0.1) is 17.6 Å². The summed E-state index contributed by atoms with van der Waals surface area (Å²) in [6.45, 7) is 4.04. The summed E-state index contributed by atoms with van der Waals surface area (Å²) in [6.07, 6.45) is 1.14. The number of hydrogen-bond donors (Lipinski definition) is 3. The molecular formula is C11H18BrN3O2S. The number of sulfonamides is 1. The Morgan fingerprint density at radius 1 is 1.39 bits per heavy atom. The molecule has 0 radical (unpaired) electrons. The second-order valence-electron chi connectivity index (χ2n) is 4.84. The summed E-state index contributed by atoms with van der Waals surface area (Å²) in [5.41, 5.74) is 6.65. The number of hydrogen-bond acceptors (Lipinski definition) is 4. The van der Waals surface area contributed by atoms with Crippen molar-refractivity contribution in [3.05, 3.63) is 22.7 Å². The van der Waals surface area contributed by atoms with E-state index in [-0.39, 0.29) is 0 Å². The number of nitrogen functional groups attached to an aromatic ring is 1.